The number of carbonyl (C=O) groups is 3. The maximum atomic E-state index is 12.8. The lowest BCUT2D eigenvalue weighted by Crippen LogP contribution is -2.30. The Morgan fingerprint density at radius 3 is 0.890 bits per heavy atom. The second-order valence-corrected chi connectivity index (χ2v) is 19.1. The van der Waals surface area contributed by atoms with Gasteiger partial charge in [0.2, 0.25) is 0 Å². The smallest absolute Gasteiger partial charge is 0.306 e. The van der Waals surface area contributed by atoms with Gasteiger partial charge in [-0.05, 0) is 122 Å². The van der Waals surface area contributed by atoms with E-state index in [1.54, 1.807) is 0 Å². The Balaban J connectivity index is 4.52. The summed E-state index contributed by atoms with van der Waals surface area (Å²) in [7, 11) is 0. The van der Waals surface area contributed by atoms with Crippen molar-refractivity contribution in [2.75, 3.05) is 13.2 Å². The first kappa shape index (κ1) is 68.6. The van der Waals surface area contributed by atoms with E-state index in [-0.39, 0.29) is 31.6 Å². The highest BCUT2D eigenvalue weighted by Crippen LogP contribution is 2.14. The maximum Gasteiger partial charge on any atom is 0.306 e. The van der Waals surface area contributed by atoms with Crippen LogP contribution < -0.4 is 0 Å². The van der Waals surface area contributed by atoms with Gasteiger partial charge in [0.15, 0.2) is 6.10 Å². The van der Waals surface area contributed by atoms with Gasteiger partial charge < -0.3 is 14.2 Å². The Bertz CT molecular complexity index is 1580. The average molecular weight is 1010 g/mol. The molecule has 412 valence electrons. The molecule has 0 fully saturated rings. The number of rotatable bonds is 52. The summed E-state index contributed by atoms with van der Waals surface area (Å²) in [5, 5.41) is 0. The number of allylic oxidation sites excluding steroid dienone is 22. The fourth-order valence-electron chi connectivity index (χ4n) is 7.75. The Morgan fingerprint density at radius 1 is 0.288 bits per heavy atom. The zero-order valence-corrected chi connectivity index (χ0v) is 47.1. The highest BCUT2D eigenvalue weighted by molar-refractivity contribution is 5.71. The molecular formula is C67H108O6. The third-order valence-corrected chi connectivity index (χ3v) is 12.1. The van der Waals surface area contributed by atoms with Gasteiger partial charge in [0, 0.05) is 19.3 Å². The van der Waals surface area contributed by atoms with Crippen LogP contribution in [0, 0.1) is 0 Å². The second-order valence-electron chi connectivity index (χ2n) is 19.1. The predicted octanol–water partition coefficient (Wildman–Crippen LogP) is 20.2. The molecule has 0 heterocycles. The van der Waals surface area contributed by atoms with Crippen LogP contribution >= 0.6 is 0 Å². The summed E-state index contributed by atoms with van der Waals surface area (Å²) in [5.74, 6) is -1.03. The van der Waals surface area contributed by atoms with Gasteiger partial charge in [-0.15, -0.1) is 0 Å². The van der Waals surface area contributed by atoms with E-state index in [0.29, 0.717) is 19.3 Å². The highest BCUT2D eigenvalue weighted by Gasteiger charge is 2.19. The molecule has 73 heavy (non-hydrogen) atoms. The SMILES string of the molecule is CC/C=C\C/C=C\C/C=C\C/C=C\C/C=C\C/C=C\CCC(=O)OC(COC(=O)CCCCCCC/C=C\C/C=C\C/C=C\CC)COC(=O)CCCCCCCCCCC/C=C\C/C=C\CCCCCCC. The molecule has 0 aliphatic rings. The third kappa shape index (κ3) is 58.3. The Morgan fingerprint density at radius 2 is 0.562 bits per heavy atom. The number of carbonyl (C=O) groups excluding carboxylic acids is 3. The summed E-state index contributed by atoms with van der Waals surface area (Å²) < 4.78 is 16.8. The summed E-state index contributed by atoms with van der Waals surface area (Å²) in [5.41, 5.74) is 0. The topological polar surface area (TPSA) is 78.9 Å². The van der Waals surface area contributed by atoms with Crippen molar-refractivity contribution in [3.63, 3.8) is 0 Å². The summed E-state index contributed by atoms with van der Waals surface area (Å²) in [6.45, 7) is 6.32. The minimum Gasteiger partial charge on any atom is -0.462 e. The van der Waals surface area contributed by atoms with Crippen molar-refractivity contribution >= 4 is 17.9 Å². The van der Waals surface area contributed by atoms with Crippen molar-refractivity contribution < 1.29 is 28.6 Å². The quantitative estimate of drug-likeness (QED) is 0.0261. The van der Waals surface area contributed by atoms with E-state index in [1.807, 2.05) is 12.2 Å². The van der Waals surface area contributed by atoms with Crippen LogP contribution in [0.4, 0.5) is 0 Å². The van der Waals surface area contributed by atoms with E-state index in [4.69, 9.17) is 14.2 Å². The van der Waals surface area contributed by atoms with E-state index < -0.39 is 12.1 Å². The molecule has 0 N–H and O–H groups in total. The van der Waals surface area contributed by atoms with E-state index in [1.165, 1.54) is 83.5 Å². The van der Waals surface area contributed by atoms with Gasteiger partial charge in [-0.2, -0.15) is 0 Å². The van der Waals surface area contributed by atoms with E-state index >= 15 is 0 Å². The molecule has 0 aromatic carbocycles. The van der Waals surface area contributed by atoms with E-state index in [2.05, 4.69) is 142 Å². The molecule has 6 nitrogen and oxygen atoms in total. The summed E-state index contributed by atoms with van der Waals surface area (Å²) in [6, 6.07) is 0. The molecule has 1 atom stereocenters. The standard InChI is InChI=1S/C67H108O6/c1-4-7-10-13-16-19-22-25-28-30-32-33-35-36-39-42-45-48-51-54-57-60-66(69)72-63-64(62-71-65(68)59-56-53-50-47-44-41-38-27-24-21-18-15-12-9-6-3)73-67(70)61-58-55-52-49-46-43-40-37-34-31-29-26-23-20-17-14-11-8-5-2/h8-9,11-12,17-18,20-22,25-27,29-30,32,34,37-38,43,46,52,55,64H,4-7,10,13-16,19,23-24,28,31,33,35-36,39-42,44-45,47-51,53-54,56-63H2,1-3H3/b11-8-,12-9-,20-17-,21-18-,25-22-,29-26-,32-30-,37-34-,38-27-,46-43-,55-52-. The average Bonchev–Trinajstić information content (AvgIpc) is 3.39. The van der Waals surface area contributed by atoms with Crippen LogP contribution in [0.25, 0.3) is 0 Å². The van der Waals surface area contributed by atoms with Crippen LogP contribution in [0.3, 0.4) is 0 Å². The first-order chi connectivity index (χ1) is 36.0. The van der Waals surface area contributed by atoms with Crippen LogP contribution in [-0.2, 0) is 28.6 Å². The summed E-state index contributed by atoms with van der Waals surface area (Å²) in [4.78, 5) is 38.2. The second kappa shape index (κ2) is 60.1. The first-order valence-corrected chi connectivity index (χ1v) is 29.7. The van der Waals surface area contributed by atoms with Crippen molar-refractivity contribution in [2.45, 2.75) is 258 Å². The van der Waals surface area contributed by atoms with Gasteiger partial charge in [-0.1, -0.05) is 244 Å². The van der Waals surface area contributed by atoms with Crippen LogP contribution in [0.2, 0.25) is 0 Å². The van der Waals surface area contributed by atoms with Crippen molar-refractivity contribution in [1.29, 1.82) is 0 Å². The van der Waals surface area contributed by atoms with Crippen molar-refractivity contribution in [2.24, 2.45) is 0 Å². The van der Waals surface area contributed by atoms with Crippen LogP contribution in [-0.4, -0.2) is 37.2 Å². The molecule has 0 saturated carbocycles. The van der Waals surface area contributed by atoms with Crippen molar-refractivity contribution in [3.8, 4) is 0 Å². The van der Waals surface area contributed by atoms with Gasteiger partial charge in [-0.25, -0.2) is 0 Å². The number of unbranched alkanes of at least 4 members (excludes halogenated alkanes) is 19. The minimum atomic E-state index is -0.833. The molecule has 0 aromatic heterocycles. The normalized spacial score (nSPS) is 13.1. The lowest BCUT2D eigenvalue weighted by molar-refractivity contribution is -0.166. The molecule has 6 heteroatoms. The predicted molar refractivity (Wildman–Crippen MR) is 316 cm³/mol. The van der Waals surface area contributed by atoms with Crippen LogP contribution in [0.5, 0.6) is 0 Å². The fraction of sp³-hybridized carbons (Fsp3) is 0.627. The third-order valence-electron chi connectivity index (χ3n) is 12.1. The van der Waals surface area contributed by atoms with E-state index in [0.717, 1.165) is 122 Å². The first-order valence-electron chi connectivity index (χ1n) is 29.7. The maximum absolute atomic E-state index is 12.8. The molecule has 0 amide bonds. The number of ether oxygens (including phenoxy) is 3. The van der Waals surface area contributed by atoms with Crippen LogP contribution in [0.15, 0.2) is 134 Å². The van der Waals surface area contributed by atoms with E-state index in [9.17, 15) is 14.4 Å². The number of esters is 3. The van der Waals surface area contributed by atoms with Crippen LogP contribution in [0.1, 0.15) is 252 Å². The van der Waals surface area contributed by atoms with Crippen molar-refractivity contribution in [1.82, 2.24) is 0 Å². The zero-order chi connectivity index (χ0) is 52.9. The fourth-order valence-corrected chi connectivity index (χ4v) is 7.75. The molecule has 0 spiro atoms. The van der Waals surface area contributed by atoms with Gasteiger partial charge in [-0.3, -0.25) is 14.4 Å². The summed E-state index contributed by atoms with van der Waals surface area (Å²) >= 11 is 0. The molecule has 0 rings (SSSR count). The van der Waals surface area contributed by atoms with Gasteiger partial charge in [0.05, 0.1) is 0 Å². The molecule has 0 bridgehead atoms. The van der Waals surface area contributed by atoms with Gasteiger partial charge >= 0.3 is 17.9 Å². The monoisotopic (exact) mass is 1010 g/mol. The highest BCUT2D eigenvalue weighted by atomic mass is 16.6. The summed E-state index contributed by atoms with van der Waals surface area (Å²) in [6.07, 6.45) is 84.6. The molecule has 0 aromatic rings. The molecule has 0 aliphatic heterocycles. The molecule has 1 unspecified atom stereocenters. The molecule has 0 aliphatic carbocycles. The number of hydrogen-bond acceptors (Lipinski definition) is 6. The molecule has 0 saturated heterocycles. The van der Waals surface area contributed by atoms with Gasteiger partial charge in [0.1, 0.15) is 13.2 Å². The number of hydrogen-bond donors (Lipinski definition) is 0. The lowest BCUT2D eigenvalue weighted by Gasteiger charge is -2.18. The minimum absolute atomic E-state index is 0.120. The molecule has 0 radical (unpaired) electrons. The zero-order valence-electron chi connectivity index (χ0n) is 47.1. The Hall–Kier alpha value is -4.45. The Kier molecular flexibility index (Phi) is 56.4. The largest absolute Gasteiger partial charge is 0.462 e. The van der Waals surface area contributed by atoms with Crippen molar-refractivity contribution in [3.05, 3.63) is 134 Å². The lowest BCUT2D eigenvalue weighted by atomic mass is 10.1. The Labute approximate surface area is 449 Å². The molecular weight excluding hydrogens is 901 g/mol. The van der Waals surface area contributed by atoms with Gasteiger partial charge in [0.25, 0.3) is 0 Å².